The molecule has 0 aromatic carbocycles. The van der Waals surface area contributed by atoms with E-state index in [-0.39, 0.29) is 12.6 Å². The van der Waals surface area contributed by atoms with Gasteiger partial charge < -0.3 is 6.15 Å². The third-order valence-electron chi connectivity index (χ3n) is 2.11. The Morgan fingerprint density at radius 3 is 2.07 bits per heavy atom. The Labute approximate surface area is 91.6 Å². The Morgan fingerprint density at radius 1 is 1.13 bits per heavy atom. The predicted molar refractivity (Wildman–Crippen MR) is 59.5 cm³/mol. The second-order valence-electron chi connectivity index (χ2n) is 3.48. The van der Waals surface area contributed by atoms with Crippen LogP contribution in [-0.2, 0) is 10.1 Å². The van der Waals surface area contributed by atoms with Gasteiger partial charge in [-0.15, -0.1) is 0 Å². The summed E-state index contributed by atoms with van der Waals surface area (Å²) in [6.07, 6.45) is 5.69. The van der Waals surface area contributed by atoms with Crippen molar-refractivity contribution in [3.63, 3.8) is 0 Å². The van der Waals surface area contributed by atoms with E-state index in [1.807, 2.05) is 0 Å². The summed E-state index contributed by atoms with van der Waals surface area (Å²) in [6.45, 7) is 2.11. The Balaban J connectivity index is 0. The average Bonchev–Trinajstić information content (AvgIpc) is 2.09. The standard InChI is InChI=1S/C9H19FO3S.H3N/c1-2-3-4-5-6-7-8-9(10)14(11,12)13;/h9H,2-8H2,1H3,(H,11,12,13);1H3. The van der Waals surface area contributed by atoms with Crippen LogP contribution in [-0.4, -0.2) is 18.5 Å². The SMILES string of the molecule is CCCCCCCCC(F)S(=O)(=O)O.N. The number of unbranched alkanes of at least 4 members (excludes halogenated alkanes) is 5. The summed E-state index contributed by atoms with van der Waals surface area (Å²) < 4.78 is 41.5. The van der Waals surface area contributed by atoms with E-state index in [2.05, 4.69) is 6.92 Å². The lowest BCUT2D eigenvalue weighted by Gasteiger charge is -2.04. The Morgan fingerprint density at radius 2 is 1.60 bits per heavy atom. The molecule has 94 valence electrons. The van der Waals surface area contributed by atoms with Gasteiger partial charge in [-0.05, 0) is 12.8 Å². The van der Waals surface area contributed by atoms with Crippen molar-refractivity contribution in [1.29, 1.82) is 0 Å². The minimum absolute atomic E-state index is 0. The first-order valence-corrected chi connectivity index (χ1v) is 6.59. The molecule has 4 nitrogen and oxygen atoms in total. The van der Waals surface area contributed by atoms with Crippen LogP contribution in [0.15, 0.2) is 0 Å². The van der Waals surface area contributed by atoms with Gasteiger partial charge in [0.05, 0.1) is 0 Å². The van der Waals surface area contributed by atoms with Gasteiger partial charge in [0.25, 0.3) is 10.1 Å². The highest BCUT2D eigenvalue weighted by Crippen LogP contribution is 2.13. The van der Waals surface area contributed by atoms with Crippen LogP contribution >= 0.6 is 0 Å². The zero-order chi connectivity index (χ0) is 11.0. The number of hydrogen-bond acceptors (Lipinski definition) is 3. The van der Waals surface area contributed by atoms with E-state index in [0.29, 0.717) is 6.42 Å². The lowest BCUT2D eigenvalue weighted by Crippen LogP contribution is -2.14. The first-order valence-electron chi connectivity index (χ1n) is 5.09. The average molecular weight is 243 g/mol. The number of halogens is 1. The van der Waals surface area contributed by atoms with E-state index < -0.39 is 15.6 Å². The van der Waals surface area contributed by atoms with Gasteiger partial charge in [0.1, 0.15) is 0 Å². The molecule has 0 amide bonds. The molecule has 0 aromatic rings. The van der Waals surface area contributed by atoms with E-state index in [9.17, 15) is 12.8 Å². The van der Waals surface area contributed by atoms with Crippen molar-refractivity contribution >= 4 is 10.1 Å². The smallest absolute Gasteiger partial charge is 0.297 e. The predicted octanol–water partition coefficient (Wildman–Crippen LogP) is 3.08. The molecule has 15 heavy (non-hydrogen) atoms. The van der Waals surface area contributed by atoms with Gasteiger partial charge in [0.2, 0.25) is 5.50 Å². The highest BCUT2D eigenvalue weighted by atomic mass is 32.2. The largest absolute Gasteiger partial charge is 0.344 e. The molecule has 1 atom stereocenters. The third kappa shape index (κ3) is 10.1. The van der Waals surface area contributed by atoms with Crippen molar-refractivity contribution in [3.05, 3.63) is 0 Å². The fourth-order valence-corrected chi connectivity index (χ4v) is 1.70. The van der Waals surface area contributed by atoms with Crippen LogP contribution in [0.3, 0.4) is 0 Å². The minimum atomic E-state index is -4.47. The van der Waals surface area contributed by atoms with Crippen molar-refractivity contribution in [2.45, 2.75) is 57.4 Å². The number of rotatable bonds is 8. The molecule has 0 aromatic heterocycles. The van der Waals surface area contributed by atoms with Crippen molar-refractivity contribution in [2.75, 3.05) is 0 Å². The molecule has 6 heteroatoms. The first kappa shape index (κ1) is 17.2. The zero-order valence-corrected chi connectivity index (χ0v) is 10.1. The second-order valence-corrected chi connectivity index (χ2v) is 5.02. The summed E-state index contributed by atoms with van der Waals surface area (Å²) in [4.78, 5) is 0. The maximum Gasteiger partial charge on any atom is 0.297 e. The van der Waals surface area contributed by atoms with Crippen LogP contribution < -0.4 is 6.15 Å². The Kier molecular flexibility index (Phi) is 10.4. The summed E-state index contributed by atoms with van der Waals surface area (Å²) in [5.74, 6) is 0. The zero-order valence-electron chi connectivity index (χ0n) is 9.28. The first-order chi connectivity index (χ1) is 6.48. The molecule has 0 radical (unpaired) electrons. The highest BCUT2D eigenvalue weighted by molar-refractivity contribution is 7.86. The second kappa shape index (κ2) is 9.06. The monoisotopic (exact) mass is 243 g/mol. The number of hydrogen-bond donors (Lipinski definition) is 2. The van der Waals surface area contributed by atoms with E-state index >= 15 is 0 Å². The number of alkyl halides is 1. The van der Waals surface area contributed by atoms with Gasteiger partial charge in [0, 0.05) is 0 Å². The molecule has 0 heterocycles. The quantitative estimate of drug-likeness (QED) is 0.506. The van der Waals surface area contributed by atoms with Crippen molar-refractivity contribution in [1.82, 2.24) is 6.15 Å². The molecule has 0 fully saturated rings. The molecule has 0 bridgehead atoms. The highest BCUT2D eigenvalue weighted by Gasteiger charge is 2.20. The van der Waals surface area contributed by atoms with Gasteiger partial charge in [-0.25, -0.2) is 4.39 Å². The molecular formula is C9H22FNO3S. The molecule has 1 unspecified atom stereocenters. The summed E-state index contributed by atoms with van der Waals surface area (Å²) >= 11 is 0. The van der Waals surface area contributed by atoms with Crippen LogP contribution in [0.25, 0.3) is 0 Å². The maximum absolute atomic E-state index is 12.6. The Bertz CT molecular complexity index is 232. The maximum atomic E-state index is 12.6. The topological polar surface area (TPSA) is 89.4 Å². The van der Waals surface area contributed by atoms with Gasteiger partial charge in [0.15, 0.2) is 0 Å². The molecule has 0 saturated carbocycles. The normalized spacial score (nSPS) is 13.3. The molecule has 0 aliphatic carbocycles. The fourth-order valence-electron chi connectivity index (χ4n) is 1.23. The van der Waals surface area contributed by atoms with Crippen LogP contribution in [0.4, 0.5) is 4.39 Å². The molecule has 0 aliphatic heterocycles. The van der Waals surface area contributed by atoms with Crippen molar-refractivity contribution in [3.8, 4) is 0 Å². The summed E-state index contributed by atoms with van der Waals surface area (Å²) in [7, 11) is -4.47. The molecule has 0 rings (SSSR count). The van der Waals surface area contributed by atoms with E-state index in [1.165, 1.54) is 0 Å². The van der Waals surface area contributed by atoms with E-state index in [0.717, 1.165) is 32.1 Å². The Hall–Kier alpha value is -0.200. The van der Waals surface area contributed by atoms with E-state index in [1.54, 1.807) is 0 Å². The summed E-state index contributed by atoms with van der Waals surface area (Å²) in [5, 5.41) is 0. The lowest BCUT2D eigenvalue weighted by molar-refractivity contribution is 0.350. The summed E-state index contributed by atoms with van der Waals surface area (Å²) in [6, 6.07) is 0. The molecule has 0 saturated heterocycles. The van der Waals surface area contributed by atoms with Gasteiger partial charge >= 0.3 is 0 Å². The molecule has 0 spiro atoms. The van der Waals surface area contributed by atoms with Gasteiger partial charge in [-0.2, -0.15) is 8.42 Å². The van der Waals surface area contributed by atoms with Crippen LogP contribution in [0.2, 0.25) is 0 Å². The van der Waals surface area contributed by atoms with Gasteiger partial charge in [-0.3, -0.25) is 4.55 Å². The van der Waals surface area contributed by atoms with Crippen LogP contribution in [0.5, 0.6) is 0 Å². The van der Waals surface area contributed by atoms with E-state index in [4.69, 9.17) is 4.55 Å². The van der Waals surface area contributed by atoms with Crippen molar-refractivity contribution < 1.29 is 17.4 Å². The molecule has 4 N–H and O–H groups in total. The molecular weight excluding hydrogens is 221 g/mol. The molecule has 0 aliphatic rings. The minimum Gasteiger partial charge on any atom is -0.344 e. The fraction of sp³-hybridized carbons (Fsp3) is 1.00. The summed E-state index contributed by atoms with van der Waals surface area (Å²) in [5.41, 5.74) is -2.10. The van der Waals surface area contributed by atoms with Crippen molar-refractivity contribution in [2.24, 2.45) is 0 Å². The van der Waals surface area contributed by atoms with Crippen LogP contribution in [0.1, 0.15) is 51.9 Å². The van der Waals surface area contributed by atoms with Crippen LogP contribution in [0, 0.1) is 0 Å². The lowest BCUT2D eigenvalue weighted by atomic mass is 10.1. The third-order valence-corrected chi connectivity index (χ3v) is 2.99. The van der Waals surface area contributed by atoms with Gasteiger partial charge in [-0.1, -0.05) is 39.0 Å².